The van der Waals surface area contributed by atoms with E-state index in [1.165, 1.54) is 12.8 Å². The first-order valence-corrected chi connectivity index (χ1v) is 6.19. The molecule has 1 unspecified atom stereocenters. The van der Waals surface area contributed by atoms with E-state index < -0.39 is 5.92 Å². The van der Waals surface area contributed by atoms with E-state index in [1.54, 1.807) is 0 Å². The van der Waals surface area contributed by atoms with Crippen molar-refractivity contribution < 1.29 is 8.78 Å². The molecule has 0 spiro atoms. The number of likely N-dealkylation sites (tertiary alicyclic amines) is 1. The fraction of sp³-hybridized carbons (Fsp3) is 1.00. The summed E-state index contributed by atoms with van der Waals surface area (Å²) in [6.45, 7) is 4.51. The normalized spacial score (nSPS) is 34.2. The average Bonchev–Trinajstić information content (AvgIpc) is 2.17. The summed E-state index contributed by atoms with van der Waals surface area (Å²) in [6.07, 6.45) is 4.14. The quantitative estimate of drug-likeness (QED) is 0.651. The third kappa shape index (κ3) is 2.90. The van der Waals surface area contributed by atoms with Gasteiger partial charge in [0.05, 0.1) is 0 Å². The van der Waals surface area contributed by atoms with Crippen LogP contribution in [0.1, 0.15) is 45.4 Å². The predicted octanol–water partition coefficient (Wildman–Crippen LogP) is 3.30. The van der Waals surface area contributed by atoms with E-state index >= 15 is 0 Å². The summed E-state index contributed by atoms with van der Waals surface area (Å²) in [5, 5.41) is 0. The molecule has 2 rings (SSSR count). The zero-order valence-electron chi connectivity index (χ0n) is 9.51. The SMILES string of the molecule is CC1CCCN(C2CCC(F)(F)CC2)C1. The Morgan fingerprint density at radius 2 is 1.80 bits per heavy atom. The number of hydrogen-bond donors (Lipinski definition) is 0. The molecule has 1 atom stereocenters. The van der Waals surface area contributed by atoms with Gasteiger partial charge in [0.15, 0.2) is 0 Å². The molecule has 3 heteroatoms. The van der Waals surface area contributed by atoms with Crippen LogP contribution in [0.3, 0.4) is 0 Å². The zero-order chi connectivity index (χ0) is 10.9. The number of hydrogen-bond acceptors (Lipinski definition) is 1. The standard InChI is InChI=1S/C12H21F2N/c1-10-3-2-8-15(9-10)11-4-6-12(13,14)7-5-11/h10-11H,2-9H2,1H3. The summed E-state index contributed by atoms with van der Waals surface area (Å²) in [5.41, 5.74) is 0. The van der Waals surface area contributed by atoms with Gasteiger partial charge in [0.2, 0.25) is 5.92 Å². The molecular weight excluding hydrogens is 196 g/mol. The van der Waals surface area contributed by atoms with Crippen LogP contribution >= 0.6 is 0 Å². The van der Waals surface area contributed by atoms with Crippen LogP contribution in [0.4, 0.5) is 8.78 Å². The zero-order valence-corrected chi connectivity index (χ0v) is 9.51. The number of halogens is 2. The minimum atomic E-state index is -2.38. The van der Waals surface area contributed by atoms with E-state index in [0.29, 0.717) is 18.9 Å². The third-order valence-electron chi connectivity index (χ3n) is 3.89. The topological polar surface area (TPSA) is 3.24 Å². The molecule has 1 aliphatic heterocycles. The van der Waals surface area contributed by atoms with Gasteiger partial charge in [0.25, 0.3) is 0 Å². The van der Waals surface area contributed by atoms with Crippen LogP contribution in [0, 0.1) is 5.92 Å². The summed E-state index contributed by atoms with van der Waals surface area (Å²) < 4.78 is 26.0. The van der Waals surface area contributed by atoms with Crippen LogP contribution in [-0.2, 0) is 0 Å². The van der Waals surface area contributed by atoms with Crippen LogP contribution in [0.2, 0.25) is 0 Å². The summed E-state index contributed by atoms with van der Waals surface area (Å²) in [7, 11) is 0. The minimum absolute atomic E-state index is 0.0997. The van der Waals surface area contributed by atoms with Gasteiger partial charge in [-0.2, -0.15) is 0 Å². The van der Waals surface area contributed by atoms with Crippen molar-refractivity contribution in [2.75, 3.05) is 13.1 Å². The van der Waals surface area contributed by atoms with Gasteiger partial charge in [-0.25, -0.2) is 8.78 Å². The van der Waals surface area contributed by atoms with Crippen LogP contribution in [0.15, 0.2) is 0 Å². The van der Waals surface area contributed by atoms with Crippen LogP contribution in [-0.4, -0.2) is 30.0 Å². The van der Waals surface area contributed by atoms with Crippen LogP contribution in [0.25, 0.3) is 0 Å². The lowest BCUT2D eigenvalue weighted by atomic mass is 9.89. The summed E-state index contributed by atoms with van der Waals surface area (Å²) in [6, 6.07) is 0.437. The largest absolute Gasteiger partial charge is 0.300 e. The van der Waals surface area contributed by atoms with Gasteiger partial charge >= 0.3 is 0 Å². The molecule has 0 amide bonds. The fourth-order valence-corrected chi connectivity index (χ4v) is 2.95. The molecule has 2 fully saturated rings. The Bertz CT molecular complexity index is 208. The molecule has 0 radical (unpaired) electrons. The van der Waals surface area contributed by atoms with E-state index in [0.717, 1.165) is 19.0 Å². The maximum atomic E-state index is 13.0. The second kappa shape index (κ2) is 4.36. The van der Waals surface area contributed by atoms with E-state index in [1.807, 2.05) is 0 Å². The van der Waals surface area contributed by atoms with E-state index in [4.69, 9.17) is 0 Å². The molecule has 0 aromatic heterocycles. The van der Waals surface area contributed by atoms with Crippen molar-refractivity contribution in [2.24, 2.45) is 5.92 Å². The number of alkyl halides is 2. The molecule has 0 bridgehead atoms. The molecule has 1 nitrogen and oxygen atoms in total. The number of rotatable bonds is 1. The van der Waals surface area contributed by atoms with E-state index in [2.05, 4.69) is 11.8 Å². The molecule has 0 aromatic rings. The molecule has 88 valence electrons. The Labute approximate surface area is 90.8 Å². The van der Waals surface area contributed by atoms with Crippen LogP contribution in [0.5, 0.6) is 0 Å². The smallest absolute Gasteiger partial charge is 0.248 e. The second-order valence-electron chi connectivity index (χ2n) is 5.33. The Morgan fingerprint density at radius 1 is 1.13 bits per heavy atom. The summed E-state index contributed by atoms with van der Waals surface area (Å²) >= 11 is 0. The number of nitrogens with zero attached hydrogens (tertiary/aromatic N) is 1. The first-order valence-electron chi connectivity index (χ1n) is 6.19. The van der Waals surface area contributed by atoms with Gasteiger partial charge in [0, 0.05) is 25.4 Å². The Kier molecular flexibility index (Phi) is 3.29. The fourth-order valence-electron chi connectivity index (χ4n) is 2.95. The molecular formula is C12H21F2N. The van der Waals surface area contributed by atoms with Crippen molar-refractivity contribution in [1.29, 1.82) is 0 Å². The van der Waals surface area contributed by atoms with Gasteiger partial charge in [-0.05, 0) is 38.1 Å². The highest BCUT2D eigenvalue weighted by Crippen LogP contribution is 2.36. The monoisotopic (exact) mass is 217 g/mol. The van der Waals surface area contributed by atoms with Gasteiger partial charge < -0.3 is 4.90 Å². The average molecular weight is 217 g/mol. The van der Waals surface area contributed by atoms with Crippen molar-refractivity contribution in [3.05, 3.63) is 0 Å². The molecule has 1 saturated carbocycles. The first kappa shape index (κ1) is 11.3. The summed E-state index contributed by atoms with van der Waals surface area (Å²) in [4.78, 5) is 2.45. The minimum Gasteiger partial charge on any atom is -0.300 e. The lowest BCUT2D eigenvalue weighted by Gasteiger charge is -2.40. The molecule has 1 aliphatic carbocycles. The van der Waals surface area contributed by atoms with E-state index in [9.17, 15) is 8.78 Å². The molecule has 15 heavy (non-hydrogen) atoms. The molecule has 0 aromatic carbocycles. The van der Waals surface area contributed by atoms with Gasteiger partial charge in [-0.15, -0.1) is 0 Å². The maximum absolute atomic E-state index is 13.0. The Balaban J connectivity index is 1.84. The highest BCUT2D eigenvalue weighted by atomic mass is 19.3. The number of piperidine rings is 1. The van der Waals surface area contributed by atoms with Crippen molar-refractivity contribution in [2.45, 2.75) is 57.4 Å². The second-order valence-corrected chi connectivity index (χ2v) is 5.33. The molecule has 1 heterocycles. The van der Waals surface area contributed by atoms with Gasteiger partial charge in [0.1, 0.15) is 0 Å². The third-order valence-corrected chi connectivity index (χ3v) is 3.89. The lowest BCUT2D eigenvalue weighted by molar-refractivity contribution is -0.0572. The summed E-state index contributed by atoms with van der Waals surface area (Å²) in [5.74, 6) is -1.63. The lowest BCUT2D eigenvalue weighted by Crippen LogP contribution is -2.45. The maximum Gasteiger partial charge on any atom is 0.248 e. The van der Waals surface area contributed by atoms with Crippen molar-refractivity contribution >= 4 is 0 Å². The predicted molar refractivity (Wildman–Crippen MR) is 57.2 cm³/mol. The van der Waals surface area contributed by atoms with Crippen LogP contribution < -0.4 is 0 Å². The van der Waals surface area contributed by atoms with Gasteiger partial charge in [-0.1, -0.05) is 6.92 Å². The van der Waals surface area contributed by atoms with E-state index in [-0.39, 0.29) is 12.8 Å². The molecule has 1 saturated heterocycles. The molecule has 0 N–H and O–H groups in total. The van der Waals surface area contributed by atoms with Crippen molar-refractivity contribution in [3.8, 4) is 0 Å². The van der Waals surface area contributed by atoms with Crippen molar-refractivity contribution in [1.82, 2.24) is 4.90 Å². The first-order chi connectivity index (χ1) is 7.07. The molecule has 2 aliphatic rings. The Hall–Kier alpha value is -0.180. The van der Waals surface area contributed by atoms with Crippen molar-refractivity contribution in [3.63, 3.8) is 0 Å². The van der Waals surface area contributed by atoms with Gasteiger partial charge in [-0.3, -0.25) is 0 Å². The highest BCUT2D eigenvalue weighted by Gasteiger charge is 2.37. The Morgan fingerprint density at radius 3 is 2.40 bits per heavy atom. The highest BCUT2D eigenvalue weighted by molar-refractivity contribution is 4.85.